The Morgan fingerprint density at radius 1 is 1.38 bits per heavy atom. The van der Waals surface area contributed by atoms with Crippen LogP contribution in [0.5, 0.6) is 0 Å². The molecule has 0 spiro atoms. The summed E-state index contributed by atoms with van der Waals surface area (Å²) >= 11 is 5.62. The lowest BCUT2D eigenvalue weighted by molar-refractivity contribution is 0.683. The van der Waals surface area contributed by atoms with Gasteiger partial charge in [-0.15, -0.1) is 0 Å². The standard InChI is InChI=1S/C9H14N2S2/c1-8(11-12)7-10-13-9-5-3-2-4-6-9/h2-6,8,10-12H,7H2,1H3. The van der Waals surface area contributed by atoms with Gasteiger partial charge in [-0.25, -0.2) is 0 Å². The van der Waals surface area contributed by atoms with E-state index in [2.05, 4.69) is 41.3 Å². The molecule has 72 valence electrons. The largest absolute Gasteiger partial charge is 0.263 e. The Morgan fingerprint density at radius 3 is 2.69 bits per heavy atom. The summed E-state index contributed by atoms with van der Waals surface area (Å²) in [5.41, 5.74) is 0. The van der Waals surface area contributed by atoms with Gasteiger partial charge in [-0.05, 0) is 31.0 Å². The van der Waals surface area contributed by atoms with Crippen LogP contribution in [0.3, 0.4) is 0 Å². The molecule has 0 aliphatic heterocycles. The first-order chi connectivity index (χ1) is 6.33. The number of hydrogen-bond acceptors (Lipinski definition) is 4. The van der Waals surface area contributed by atoms with Gasteiger partial charge in [0.2, 0.25) is 0 Å². The summed E-state index contributed by atoms with van der Waals surface area (Å²) in [7, 11) is 0. The molecule has 0 aromatic heterocycles. The first kappa shape index (κ1) is 10.9. The van der Waals surface area contributed by atoms with E-state index in [1.54, 1.807) is 11.9 Å². The van der Waals surface area contributed by atoms with E-state index in [4.69, 9.17) is 0 Å². The van der Waals surface area contributed by atoms with Crippen molar-refractivity contribution in [2.45, 2.75) is 17.9 Å². The van der Waals surface area contributed by atoms with E-state index >= 15 is 0 Å². The molecule has 0 heterocycles. The average molecular weight is 214 g/mol. The number of nitrogens with one attached hydrogen (secondary N) is 2. The second kappa shape index (κ2) is 6.32. The van der Waals surface area contributed by atoms with E-state index in [9.17, 15) is 0 Å². The molecule has 0 aliphatic carbocycles. The summed E-state index contributed by atoms with van der Waals surface area (Å²) in [4.78, 5) is 1.23. The molecule has 4 heteroatoms. The van der Waals surface area contributed by atoms with Gasteiger partial charge in [0.1, 0.15) is 0 Å². The minimum atomic E-state index is 0.375. The van der Waals surface area contributed by atoms with Crippen LogP contribution >= 0.6 is 24.8 Å². The molecule has 1 aromatic carbocycles. The summed E-state index contributed by atoms with van der Waals surface area (Å²) in [5, 5.41) is 0. The molecule has 0 aliphatic rings. The van der Waals surface area contributed by atoms with Crippen molar-refractivity contribution >= 4 is 24.8 Å². The van der Waals surface area contributed by atoms with Gasteiger partial charge >= 0.3 is 0 Å². The number of hydrogen-bond donors (Lipinski definition) is 3. The normalized spacial score (nSPS) is 12.8. The third-order valence-corrected chi connectivity index (χ3v) is 2.80. The molecule has 0 fully saturated rings. The highest BCUT2D eigenvalue weighted by atomic mass is 32.2. The van der Waals surface area contributed by atoms with E-state index in [1.807, 2.05) is 18.2 Å². The van der Waals surface area contributed by atoms with Gasteiger partial charge in [-0.3, -0.25) is 9.44 Å². The smallest absolute Gasteiger partial charge is 0.0275 e. The highest BCUT2D eigenvalue weighted by Crippen LogP contribution is 2.12. The molecule has 0 bridgehead atoms. The Balaban J connectivity index is 2.20. The van der Waals surface area contributed by atoms with Gasteiger partial charge in [0.25, 0.3) is 0 Å². The lowest BCUT2D eigenvalue weighted by Gasteiger charge is -2.09. The second-order valence-electron chi connectivity index (χ2n) is 2.79. The highest BCUT2D eigenvalue weighted by molar-refractivity contribution is 7.97. The first-order valence-electron chi connectivity index (χ1n) is 4.17. The van der Waals surface area contributed by atoms with Crippen LogP contribution in [-0.2, 0) is 0 Å². The van der Waals surface area contributed by atoms with Gasteiger partial charge in [0.15, 0.2) is 0 Å². The summed E-state index contributed by atoms with van der Waals surface area (Å²) in [5.74, 6) is 0. The molecule has 1 aromatic rings. The summed E-state index contributed by atoms with van der Waals surface area (Å²) in [6.45, 7) is 2.97. The van der Waals surface area contributed by atoms with Crippen LogP contribution in [0.2, 0.25) is 0 Å². The zero-order valence-electron chi connectivity index (χ0n) is 7.53. The molecule has 0 saturated heterocycles. The molecule has 1 unspecified atom stereocenters. The van der Waals surface area contributed by atoms with Gasteiger partial charge in [-0.1, -0.05) is 31.0 Å². The zero-order chi connectivity index (χ0) is 9.52. The molecular weight excluding hydrogens is 200 g/mol. The quantitative estimate of drug-likeness (QED) is 0.517. The predicted molar refractivity (Wildman–Crippen MR) is 61.9 cm³/mol. The zero-order valence-corrected chi connectivity index (χ0v) is 9.24. The SMILES string of the molecule is CC(CNSc1ccccc1)NS. The van der Waals surface area contributed by atoms with Gasteiger partial charge in [0.05, 0.1) is 0 Å². The van der Waals surface area contributed by atoms with E-state index < -0.39 is 0 Å². The van der Waals surface area contributed by atoms with Crippen LogP contribution in [0.25, 0.3) is 0 Å². The monoisotopic (exact) mass is 214 g/mol. The number of benzene rings is 1. The molecular formula is C9H14N2S2. The number of thiol groups is 1. The van der Waals surface area contributed by atoms with Crippen molar-refractivity contribution in [1.29, 1.82) is 0 Å². The molecule has 13 heavy (non-hydrogen) atoms. The molecule has 1 atom stereocenters. The van der Waals surface area contributed by atoms with Crippen LogP contribution < -0.4 is 9.44 Å². The van der Waals surface area contributed by atoms with Crippen molar-refractivity contribution < 1.29 is 0 Å². The van der Waals surface area contributed by atoms with Gasteiger partial charge < -0.3 is 0 Å². The Morgan fingerprint density at radius 2 is 2.08 bits per heavy atom. The third-order valence-electron chi connectivity index (χ3n) is 1.54. The fourth-order valence-electron chi connectivity index (χ4n) is 0.784. The maximum atomic E-state index is 3.98. The maximum Gasteiger partial charge on any atom is 0.0275 e. The van der Waals surface area contributed by atoms with Gasteiger partial charge in [0, 0.05) is 17.5 Å². The minimum absolute atomic E-state index is 0.375. The molecule has 2 N–H and O–H groups in total. The lowest BCUT2D eigenvalue weighted by Crippen LogP contribution is -2.27. The van der Waals surface area contributed by atoms with Gasteiger partial charge in [-0.2, -0.15) is 0 Å². The fraction of sp³-hybridized carbons (Fsp3) is 0.333. The maximum absolute atomic E-state index is 3.98. The Labute approximate surface area is 89.2 Å². The Hall–Kier alpha value is -0.160. The molecule has 2 nitrogen and oxygen atoms in total. The van der Waals surface area contributed by atoms with E-state index in [1.165, 1.54) is 4.90 Å². The Bertz CT molecular complexity index is 228. The highest BCUT2D eigenvalue weighted by Gasteiger charge is 1.97. The van der Waals surface area contributed by atoms with E-state index in [-0.39, 0.29) is 0 Å². The minimum Gasteiger partial charge on any atom is -0.263 e. The number of rotatable bonds is 5. The van der Waals surface area contributed by atoms with Crippen molar-refractivity contribution in [3.63, 3.8) is 0 Å². The van der Waals surface area contributed by atoms with Crippen molar-refractivity contribution in [3.8, 4) is 0 Å². The van der Waals surface area contributed by atoms with Crippen LogP contribution in [0.15, 0.2) is 35.2 Å². The van der Waals surface area contributed by atoms with Crippen LogP contribution in [0, 0.1) is 0 Å². The van der Waals surface area contributed by atoms with Crippen molar-refractivity contribution in [2.24, 2.45) is 0 Å². The predicted octanol–water partition coefficient (Wildman–Crippen LogP) is 2.11. The lowest BCUT2D eigenvalue weighted by atomic mass is 10.4. The van der Waals surface area contributed by atoms with Crippen molar-refractivity contribution in [3.05, 3.63) is 30.3 Å². The van der Waals surface area contributed by atoms with Crippen LogP contribution in [0.1, 0.15) is 6.92 Å². The topological polar surface area (TPSA) is 24.1 Å². The third kappa shape index (κ3) is 4.57. The average Bonchev–Trinajstić information content (AvgIpc) is 2.19. The summed E-state index contributed by atoms with van der Waals surface area (Å²) < 4.78 is 6.13. The molecule has 0 saturated carbocycles. The van der Waals surface area contributed by atoms with Crippen LogP contribution in [-0.4, -0.2) is 12.6 Å². The van der Waals surface area contributed by atoms with E-state index in [0.717, 1.165) is 6.54 Å². The first-order valence-corrected chi connectivity index (χ1v) is 5.43. The van der Waals surface area contributed by atoms with E-state index in [0.29, 0.717) is 6.04 Å². The second-order valence-corrected chi connectivity index (χ2v) is 4.02. The molecule has 0 radical (unpaired) electrons. The summed E-state index contributed by atoms with van der Waals surface area (Å²) in [6, 6.07) is 10.6. The van der Waals surface area contributed by atoms with Crippen molar-refractivity contribution in [1.82, 2.24) is 9.44 Å². The fourth-order valence-corrected chi connectivity index (χ4v) is 1.67. The van der Waals surface area contributed by atoms with Crippen LogP contribution in [0.4, 0.5) is 0 Å². The molecule has 1 rings (SSSR count). The van der Waals surface area contributed by atoms with Crippen molar-refractivity contribution in [2.75, 3.05) is 6.54 Å². The summed E-state index contributed by atoms with van der Waals surface area (Å²) in [6.07, 6.45) is 0. The Kier molecular flexibility index (Phi) is 5.31. The molecule has 0 amide bonds.